The van der Waals surface area contributed by atoms with E-state index in [9.17, 15) is 9.59 Å². The third-order valence-corrected chi connectivity index (χ3v) is 7.51. The first-order chi connectivity index (χ1) is 17.9. The van der Waals surface area contributed by atoms with Gasteiger partial charge in [0.25, 0.3) is 0 Å². The summed E-state index contributed by atoms with van der Waals surface area (Å²) in [7, 11) is 4.56. The SMILES string of the molecule is CCCCOC(=O)c1ccc(NC(=O)N[C@H]2CCCC[C@@H]2[N+](C)(C)Cc2cccc3ccccc23)cc1. The van der Waals surface area contributed by atoms with Crippen molar-refractivity contribution in [1.82, 2.24) is 5.32 Å². The second kappa shape index (κ2) is 12.2. The molecule has 1 fully saturated rings. The standard InChI is InChI=1S/C31H39N3O3/c1-4-5-21-37-30(35)24-17-19-26(20-18-24)32-31(36)33-28-15-8-9-16-29(28)34(2,3)22-25-13-10-12-23-11-6-7-14-27(23)25/h6-7,10-14,17-20,28-29H,4-5,8-9,15-16,21-22H2,1-3H3,(H-,32,33,35,36)/p+1/t28-,29-/m0/s1. The summed E-state index contributed by atoms with van der Waals surface area (Å²) in [6, 6.07) is 22.1. The van der Waals surface area contributed by atoms with Crippen LogP contribution in [0, 0.1) is 0 Å². The Morgan fingerprint density at radius 2 is 1.68 bits per heavy atom. The lowest BCUT2D eigenvalue weighted by atomic mass is 9.87. The molecular weight excluding hydrogens is 462 g/mol. The highest BCUT2D eigenvalue weighted by molar-refractivity contribution is 5.92. The van der Waals surface area contributed by atoms with E-state index in [-0.39, 0.29) is 18.0 Å². The Labute approximate surface area is 220 Å². The van der Waals surface area contributed by atoms with Crippen LogP contribution in [0.3, 0.4) is 0 Å². The number of carbonyl (C=O) groups excluding carboxylic acids is 2. The summed E-state index contributed by atoms with van der Waals surface area (Å²) in [6.45, 7) is 3.39. The first-order valence-corrected chi connectivity index (χ1v) is 13.5. The number of quaternary nitrogens is 1. The average Bonchev–Trinajstić information content (AvgIpc) is 2.89. The van der Waals surface area contributed by atoms with Crippen molar-refractivity contribution < 1.29 is 18.8 Å². The summed E-state index contributed by atoms with van der Waals surface area (Å²) in [5, 5.41) is 8.77. The molecule has 196 valence electrons. The molecular formula is C31H40N3O3+. The third kappa shape index (κ3) is 6.89. The van der Waals surface area contributed by atoms with Crippen LogP contribution in [0.15, 0.2) is 66.7 Å². The Morgan fingerprint density at radius 3 is 2.46 bits per heavy atom. The van der Waals surface area contributed by atoms with Gasteiger partial charge in [0, 0.05) is 17.7 Å². The molecule has 0 spiro atoms. The van der Waals surface area contributed by atoms with Gasteiger partial charge in [0.1, 0.15) is 12.6 Å². The Morgan fingerprint density at radius 1 is 0.946 bits per heavy atom. The molecule has 3 aromatic rings. The highest BCUT2D eigenvalue weighted by Crippen LogP contribution is 2.30. The maximum atomic E-state index is 13.0. The molecule has 2 N–H and O–H groups in total. The zero-order chi connectivity index (χ0) is 26.3. The van der Waals surface area contributed by atoms with Gasteiger partial charge in [-0.3, -0.25) is 0 Å². The number of nitrogens with zero attached hydrogens (tertiary/aromatic N) is 1. The predicted octanol–water partition coefficient (Wildman–Crippen LogP) is 6.51. The van der Waals surface area contributed by atoms with Crippen molar-refractivity contribution >= 4 is 28.5 Å². The minimum atomic E-state index is -0.333. The molecule has 0 heterocycles. The molecule has 1 aliphatic carbocycles. The number of anilines is 1. The van der Waals surface area contributed by atoms with Crippen LogP contribution >= 0.6 is 0 Å². The minimum absolute atomic E-state index is 0.0894. The Kier molecular flexibility index (Phi) is 8.82. The van der Waals surface area contributed by atoms with Crippen molar-refractivity contribution in [2.75, 3.05) is 26.0 Å². The number of fused-ring (bicyclic) bond motifs is 1. The first kappa shape index (κ1) is 26.7. The lowest BCUT2D eigenvalue weighted by Crippen LogP contribution is -2.60. The number of benzene rings is 3. The largest absolute Gasteiger partial charge is 0.462 e. The molecule has 2 atom stereocenters. The fraction of sp³-hybridized carbons (Fsp3) is 0.419. The van der Waals surface area contributed by atoms with Crippen molar-refractivity contribution in [1.29, 1.82) is 0 Å². The number of urea groups is 1. The number of unbranched alkanes of at least 4 members (excludes halogenated alkanes) is 1. The van der Waals surface area contributed by atoms with E-state index in [4.69, 9.17) is 4.74 Å². The van der Waals surface area contributed by atoms with E-state index in [1.54, 1.807) is 24.3 Å². The molecule has 0 aliphatic heterocycles. The van der Waals surface area contributed by atoms with Crippen LogP contribution in [-0.2, 0) is 11.3 Å². The highest BCUT2D eigenvalue weighted by atomic mass is 16.5. The van der Waals surface area contributed by atoms with Gasteiger partial charge in [0.05, 0.1) is 32.3 Å². The highest BCUT2D eigenvalue weighted by Gasteiger charge is 2.38. The van der Waals surface area contributed by atoms with Crippen LogP contribution in [0.5, 0.6) is 0 Å². The molecule has 1 aliphatic rings. The van der Waals surface area contributed by atoms with Crippen molar-refractivity contribution in [3.05, 3.63) is 77.9 Å². The molecule has 6 heteroatoms. The molecule has 1 saturated carbocycles. The van der Waals surface area contributed by atoms with Gasteiger partial charge in [-0.1, -0.05) is 62.2 Å². The van der Waals surface area contributed by atoms with Gasteiger partial charge in [-0.2, -0.15) is 0 Å². The van der Waals surface area contributed by atoms with Crippen LogP contribution in [-0.4, -0.2) is 49.3 Å². The number of ether oxygens (including phenoxy) is 1. The van der Waals surface area contributed by atoms with E-state index >= 15 is 0 Å². The summed E-state index contributed by atoms with van der Waals surface area (Å²) >= 11 is 0. The molecule has 0 aromatic heterocycles. The number of carbonyl (C=O) groups is 2. The quantitative estimate of drug-likeness (QED) is 0.199. The molecule has 3 aromatic carbocycles. The molecule has 0 bridgehead atoms. The summed E-state index contributed by atoms with van der Waals surface area (Å²) < 4.78 is 6.07. The summed E-state index contributed by atoms with van der Waals surface area (Å²) in [5.74, 6) is -0.333. The topological polar surface area (TPSA) is 67.4 Å². The van der Waals surface area contributed by atoms with Gasteiger partial charge in [-0.25, -0.2) is 9.59 Å². The number of nitrogens with one attached hydrogen (secondary N) is 2. The molecule has 6 nitrogen and oxygen atoms in total. The monoisotopic (exact) mass is 502 g/mol. The van der Waals surface area contributed by atoms with E-state index < -0.39 is 0 Å². The number of likely N-dealkylation sites (N-methyl/N-ethyl adjacent to an activating group) is 1. The van der Waals surface area contributed by atoms with Gasteiger partial charge in [0.2, 0.25) is 0 Å². The fourth-order valence-electron chi connectivity index (χ4n) is 5.52. The summed E-state index contributed by atoms with van der Waals surface area (Å²) in [6.07, 6.45) is 6.18. The van der Waals surface area contributed by atoms with Crippen LogP contribution in [0.2, 0.25) is 0 Å². The lowest BCUT2D eigenvalue weighted by Gasteiger charge is -2.44. The van der Waals surface area contributed by atoms with Crippen LogP contribution in [0.1, 0.15) is 61.4 Å². The van der Waals surface area contributed by atoms with E-state index in [2.05, 4.69) is 74.1 Å². The van der Waals surface area contributed by atoms with Crippen molar-refractivity contribution in [2.45, 2.75) is 64.1 Å². The number of rotatable bonds is 9. The number of hydrogen-bond acceptors (Lipinski definition) is 3. The minimum Gasteiger partial charge on any atom is -0.462 e. The first-order valence-electron chi connectivity index (χ1n) is 13.5. The van der Waals surface area contributed by atoms with Crippen LogP contribution < -0.4 is 10.6 Å². The molecule has 4 rings (SSSR count). The molecule has 0 saturated heterocycles. The van der Waals surface area contributed by atoms with Crippen molar-refractivity contribution in [3.63, 3.8) is 0 Å². The third-order valence-electron chi connectivity index (χ3n) is 7.51. The van der Waals surface area contributed by atoms with Crippen LogP contribution in [0.4, 0.5) is 10.5 Å². The Bertz CT molecular complexity index is 1200. The van der Waals surface area contributed by atoms with Gasteiger partial charge < -0.3 is 19.9 Å². The van der Waals surface area contributed by atoms with Gasteiger partial charge in [0.15, 0.2) is 0 Å². The van der Waals surface area contributed by atoms with Gasteiger partial charge >= 0.3 is 12.0 Å². The number of amides is 2. The normalized spacial score (nSPS) is 17.8. The van der Waals surface area contributed by atoms with E-state index in [1.807, 2.05) is 0 Å². The Balaban J connectivity index is 1.39. The second-order valence-corrected chi connectivity index (χ2v) is 10.7. The van der Waals surface area contributed by atoms with Gasteiger partial charge in [-0.05, 0) is 54.3 Å². The average molecular weight is 503 g/mol. The smallest absolute Gasteiger partial charge is 0.338 e. The van der Waals surface area contributed by atoms with Crippen LogP contribution in [0.25, 0.3) is 10.8 Å². The second-order valence-electron chi connectivity index (χ2n) is 10.7. The summed E-state index contributed by atoms with van der Waals surface area (Å²) in [4.78, 5) is 25.1. The molecule has 0 unspecified atom stereocenters. The van der Waals surface area contributed by atoms with E-state index in [0.29, 0.717) is 23.9 Å². The number of hydrogen-bond donors (Lipinski definition) is 2. The van der Waals surface area contributed by atoms with E-state index in [0.717, 1.165) is 43.1 Å². The maximum absolute atomic E-state index is 13.0. The fourth-order valence-corrected chi connectivity index (χ4v) is 5.52. The molecule has 2 amide bonds. The van der Waals surface area contributed by atoms with Crippen molar-refractivity contribution in [3.8, 4) is 0 Å². The number of esters is 1. The van der Waals surface area contributed by atoms with E-state index in [1.165, 1.54) is 22.8 Å². The zero-order valence-electron chi connectivity index (χ0n) is 22.3. The molecule has 0 radical (unpaired) electrons. The zero-order valence-corrected chi connectivity index (χ0v) is 22.3. The van der Waals surface area contributed by atoms with Crippen molar-refractivity contribution in [2.24, 2.45) is 0 Å². The summed E-state index contributed by atoms with van der Waals surface area (Å²) in [5.41, 5.74) is 2.48. The van der Waals surface area contributed by atoms with Gasteiger partial charge in [-0.15, -0.1) is 0 Å². The lowest BCUT2D eigenvalue weighted by molar-refractivity contribution is -0.930. The predicted molar refractivity (Wildman–Crippen MR) is 150 cm³/mol. The molecule has 37 heavy (non-hydrogen) atoms. The Hall–Kier alpha value is -3.38. The maximum Gasteiger partial charge on any atom is 0.338 e.